The molecule has 1 aliphatic heterocycles. The average molecular weight is 264 g/mol. The summed E-state index contributed by atoms with van der Waals surface area (Å²) in [6.07, 6.45) is 1.99. The van der Waals surface area contributed by atoms with Gasteiger partial charge in [0.2, 0.25) is 0 Å². The van der Waals surface area contributed by atoms with Gasteiger partial charge in [-0.1, -0.05) is 25.1 Å². The van der Waals surface area contributed by atoms with Crippen molar-refractivity contribution in [2.75, 3.05) is 5.75 Å². The number of thiophene rings is 1. The Labute approximate surface area is 110 Å². The van der Waals surface area contributed by atoms with Crippen molar-refractivity contribution in [1.82, 2.24) is 0 Å². The highest BCUT2D eigenvalue weighted by atomic mass is 32.2. The number of hydrogen-bond acceptors (Lipinski definition) is 3. The van der Waals surface area contributed by atoms with E-state index in [1.54, 1.807) is 11.3 Å². The zero-order valence-corrected chi connectivity index (χ0v) is 11.5. The van der Waals surface area contributed by atoms with Crippen molar-refractivity contribution >= 4 is 33.2 Å². The molecule has 0 bridgehead atoms. The number of benzene rings is 1. The van der Waals surface area contributed by atoms with E-state index >= 15 is 0 Å². The van der Waals surface area contributed by atoms with Crippen LogP contribution in [0.3, 0.4) is 0 Å². The SMILES string of the molecule is CC1SCCCC1(O)c1cccc2ccsc12. The Morgan fingerprint density at radius 1 is 1.35 bits per heavy atom. The van der Waals surface area contributed by atoms with Gasteiger partial charge < -0.3 is 5.11 Å². The maximum absolute atomic E-state index is 11.0. The molecule has 0 radical (unpaired) electrons. The van der Waals surface area contributed by atoms with Crippen molar-refractivity contribution in [3.8, 4) is 0 Å². The molecule has 2 aromatic rings. The van der Waals surface area contributed by atoms with E-state index in [0.29, 0.717) is 0 Å². The number of rotatable bonds is 1. The standard InChI is InChI=1S/C14H16OS2/c1-10-14(15,7-3-8-16-10)12-5-2-4-11-6-9-17-13(11)12/h2,4-6,9-10,15H,3,7-8H2,1H3. The van der Waals surface area contributed by atoms with E-state index in [2.05, 4.69) is 36.6 Å². The molecule has 2 unspecified atom stereocenters. The van der Waals surface area contributed by atoms with Crippen LogP contribution in [0.5, 0.6) is 0 Å². The van der Waals surface area contributed by atoms with E-state index in [4.69, 9.17) is 0 Å². The minimum atomic E-state index is -0.646. The lowest BCUT2D eigenvalue weighted by Crippen LogP contribution is -2.38. The van der Waals surface area contributed by atoms with Crippen LogP contribution in [0.2, 0.25) is 0 Å². The highest BCUT2D eigenvalue weighted by Crippen LogP contribution is 2.44. The molecular formula is C14H16OS2. The molecule has 1 nitrogen and oxygen atoms in total. The molecule has 2 heterocycles. The molecule has 1 aliphatic rings. The minimum Gasteiger partial charge on any atom is -0.384 e. The van der Waals surface area contributed by atoms with Crippen molar-refractivity contribution < 1.29 is 5.11 Å². The summed E-state index contributed by atoms with van der Waals surface area (Å²) in [5.74, 6) is 1.17. The smallest absolute Gasteiger partial charge is 0.103 e. The fourth-order valence-corrected chi connectivity index (χ4v) is 4.81. The average Bonchev–Trinajstić information content (AvgIpc) is 2.81. The molecule has 3 rings (SSSR count). The van der Waals surface area contributed by atoms with Gasteiger partial charge in [0, 0.05) is 15.5 Å². The van der Waals surface area contributed by atoms with Crippen molar-refractivity contribution in [2.45, 2.75) is 30.6 Å². The predicted molar refractivity (Wildman–Crippen MR) is 76.9 cm³/mol. The fraction of sp³-hybridized carbons (Fsp3) is 0.429. The molecule has 1 aromatic carbocycles. The molecule has 0 spiro atoms. The van der Waals surface area contributed by atoms with Gasteiger partial charge in [-0.2, -0.15) is 11.8 Å². The summed E-state index contributed by atoms with van der Waals surface area (Å²) in [5.41, 5.74) is 0.484. The third kappa shape index (κ3) is 1.81. The maximum Gasteiger partial charge on any atom is 0.103 e. The van der Waals surface area contributed by atoms with Gasteiger partial charge in [0.15, 0.2) is 0 Å². The number of aliphatic hydroxyl groups is 1. The van der Waals surface area contributed by atoms with Gasteiger partial charge in [-0.15, -0.1) is 11.3 Å². The normalized spacial score (nSPS) is 29.6. The second-order valence-corrected chi connectivity index (χ2v) is 7.05. The van der Waals surface area contributed by atoms with Crippen LogP contribution < -0.4 is 0 Å². The van der Waals surface area contributed by atoms with Crippen LogP contribution in [0.25, 0.3) is 10.1 Å². The Morgan fingerprint density at radius 3 is 3.06 bits per heavy atom. The predicted octanol–water partition coefficient (Wildman–Crippen LogP) is 4.00. The first-order valence-corrected chi connectivity index (χ1v) is 7.95. The Morgan fingerprint density at radius 2 is 2.24 bits per heavy atom. The van der Waals surface area contributed by atoms with Crippen molar-refractivity contribution in [1.29, 1.82) is 0 Å². The van der Waals surface area contributed by atoms with E-state index in [1.165, 1.54) is 15.8 Å². The molecule has 17 heavy (non-hydrogen) atoms. The summed E-state index contributed by atoms with van der Waals surface area (Å²) in [4.78, 5) is 0. The Hall–Kier alpha value is -0.510. The molecular weight excluding hydrogens is 248 g/mol. The van der Waals surface area contributed by atoms with Crippen LogP contribution >= 0.6 is 23.1 Å². The second-order valence-electron chi connectivity index (χ2n) is 4.69. The molecule has 1 saturated heterocycles. The summed E-state index contributed by atoms with van der Waals surface area (Å²) in [5, 5.41) is 14.7. The Kier molecular flexibility index (Phi) is 2.93. The largest absolute Gasteiger partial charge is 0.384 e. The topological polar surface area (TPSA) is 20.2 Å². The van der Waals surface area contributed by atoms with Gasteiger partial charge in [0.1, 0.15) is 5.60 Å². The first-order valence-electron chi connectivity index (χ1n) is 6.02. The monoisotopic (exact) mass is 264 g/mol. The van der Waals surface area contributed by atoms with Crippen LogP contribution in [0, 0.1) is 0 Å². The van der Waals surface area contributed by atoms with Crippen molar-refractivity contribution in [3.63, 3.8) is 0 Å². The fourth-order valence-electron chi connectivity index (χ4n) is 2.63. The van der Waals surface area contributed by atoms with E-state index < -0.39 is 5.60 Å². The maximum atomic E-state index is 11.0. The van der Waals surface area contributed by atoms with Crippen molar-refractivity contribution in [3.05, 3.63) is 35.2 Å². The number of fused-ring (bicyclic) bond motifs is 1. The molecule has 1 fully saturated rings. The van der Waals surface area contributed by atoms with E-state index in [-0.39, 0.29) is 5.25 Å². The highest BCUT2D eigenvalue weighted by molar-refractivity contribution is 8.00. The zero-order chi connectivity index (χ0) is 11.9. The third-order valence-electron chi connectivity index (χ3n) is 3.69. The van der Waals surface area contributed by atoms with E-state index in [0.717, 1.165) is 18.4 Å². The quantitative estimate of drug-likeness (QED) is 0.840. The third-order valence-corrected chi connectivity index (χ3v) is 6.07. The summed E-state index contributed by atoms with van der Waals surface area (Å²) in [6, 6.07) is 8.42. The van der Waals surface area contributed by atoms with Crippen LogP contribution in [0.4, 0.5) is 0 Å². The molecule has 90 valence electrons. The number of thioether (sulfide) groups is 1. The summed E-state index contributed by atoms with van der Waals surface area (Å²) in [7, 11) is 0. The summed E-state index contributed by atoms with van der Waals surface area (Å²) < 4.78 is 1.25. The van der Waals surface area contributed by atoms with Gasteiger partial charge >= 0.3 is 0 Å². The van der Waals surface area contributed by atoms with E-state index in [1.807, 2.05) is 11.8 Å². The van der Waals surface area contributed by atoms with Gasteiger partial charge in [-0.3, -0.25) is 0 Å². The first-order chi connectivity index (χ1) is 8.22. The molecule has 3 heteroatoms. The lowest BCUT2D eigenvalue weighted by atomic mass is 9.85. The summed E-state index contributed by atoms with van der Waals surface area (Å²) in [6.45, 7) is 2.15. The Bertz CT molecular complexity index is 534. The van der Waals surface area contributed by atoms with Crippen LogP contribution in [-0.2, 0) is 5.60 Å². The van der Waals surface area contributed by atoms with Crippen LogP contribution in [-0.4, -0.2) is 16.1 Å². The molecule has 1 N–H and O–H groups in total. The Balaban J connectivity index is 2.16. The minimum absolute atomic E-state index is 0.281. The molecule has 0 saturated carbocycles. The van der Waals surface area contributed by atoms with E-state index in [9.17, 15) is 5.11 Å². The van der Waals surface area contributed by atoms with Crippen LogP contribution in [0.15, 0.2) is 29.6 Å². The zero-order valence-electron chi connectivity index (χ0n) is 9.85. The number of hydrogen-bond donors (Lipinski definition) is 1. The van der Waals surface area contributed by atoms with Crippen LogP contribution in [0.1, 0.15) is 25.3 Å². The van der Waals surface area contributed by atoms with Crippen molar-refractivity contribution in [2.24, 2.45) is 0 Å². The lowest BCUT2D eigenvalue weighted by Gasteiger charge is -2.38. The molecule has 0 amide bonds. The molecule has 2 atom stereocenters. The lowest BCUT2D eigenvalue weighted by molar-refractivity contribution is 0.0270. The summed E-state index contributed by atoms with van der Waals surface area (Å²) >= 11 is 3.62. The molecule has 1 aromatic heterocycles. The first kappa shape index (κ1) is 11.6. The second kappa shape index (κ2) is 4.30. The molecule has 0 aliphatic carbocycles. The van der Waals surface area contributed by atoms with Gasteiger partial charge in [-0.25, -0.2) is 0 Å². The van der Waals surface area contributed by atoms with Gasteiger partial charge in [0.05, 0.1) is 0 Å². The van der Waals surface area contributed by atoms with Gasteiger partial charge in [-0.05, 0) is 35.4 Å². The van der Waals surface area contributed by atoms with Gasteiger partial charge in [0.25, 0.3) is 0 Å². The highest BCUT2D eigenvalue weighted by Gasteiger charge is 2.39.